The van der Waals surface area contributed by atoms with Crippen molar-refractivity contribution in [2.24, 2.45) is 0 Å². The number of hydrogen-bond acceptors (Lipinski definition) is 5. The second kappa shape index (κ2) is 5.19. The van der Waals surface area contributed by atoms with Crippen LogP contribution in [0, 0.1) is 0 Å². The van der Waals surface area contributed by atoms with Gasteiger partial charge in [0.2, 0.25) is 0 Å². The number of carboxylic acids is 1. The minimum atomic E-state index is -0.806. The summed E-state index contributed by atoms with van der Waals surface area (Å²) in [6.45, 7) is 2.83. The van der Waals surface area contributed by atoms with Gasteiger partial charge in [0.25, 0.3) is 0 Å². The van der Waals surface area contributed by atoms with Crippen molar-refractivity contribution >= 4 is 28.6 Å². The SMILES string of the molecule is O=C(O)c1cc2c(s1)CN(Cc1scnc1C1CC1)CC2. The predicted molar refractivity (Wildman–Crippen MR) is 83.2 cm³/mol. The van der Waals surface area contributed by atoms with Crippen LogP contribution in [-0.2, 0) is 19.5 Å². The van der Waals surface area contributed by atoms with Crippen LogP contribution in [0.4, 0.5) is 0 Å². The van der Waals surface area contributed by atoms with Crippen LogP contribution < -0.4 is 0 Å². The number of carboxylic acid groups (broad SMARTS) is 1. The summed E-state index contributed by atoms with van der Waals surface area (Å²) in [5.41, 5.74) is 4.50. The van der Waals surface area contributed by atoms with Crippen molar-refractivity contribution in [2.75, 3.05) is 6.54 Å². The van der Waals surface area contributed by atoms with E-state index in [0.29, 0.717) is 10.8 Å². The summed E-state index contributed by atoms with van der Waals surface area (Å²) < 4.78 is 0. The number of rotatable bonds is 4. The molecule has 0 radical (unpaired) electrons. The molecule has 1 fully saturated rings. The third kappa shape index (κ3) is 2.63. The Morgan fingerprint density at radius 2 is 2.33 bits per heavy atom. The Kier molecular flexibility index (Phi) is 3.32. The van der Waals surface area contributed by atoms with Gasteiger partial charge in [-0.05, 0) is 30.9 Å². The summed E-state index contributed by atoms with van der Waals surface area (Å²) in [6.07, 6.45) is 3.53. The van der Waals surface area contributed by atoms with E-state index >= 15 is 0 Å². The number of thiophene rings is 1. The molecule has 6 heteroatoms. The molecule has 110 valence electrons. The van der Waals surface area contributed by atoms with Gasteiger partial charge in [-0.15, -0.1) is 22.7 Å². The van der Waals surface area contributed by atoms with Crippen molar-refractivity contribution in [1.29, 1.82) is 0 Å². The van der Waals surface area contributed by atoms with Crippen molar-refractivity contribution in [2.45, 2.75) is 38.3 Å². The molecule has 0 unspecified atom stereocenters. The number of fused-ring (bicyclic) bond motifs is 1. The molecule has 0 spiro atoms. The molecule has 21 heavy (non-hydrogen) atoms. The van der Waals surface area contributed by atoms with Gasteiger partial charge in [-0.3, -0.25) is 4.90 Å². The van der Waals surface area contributed by atoms with Gasteiger partial charge in [0.15, 0.2) is 0 Å². The van der Waals surface area contributed by atoms with Crippen LogP contribution in [0.25, 0.3) is 0 Å². The first-order valence-electron chi connectivity index (χ1n) is 7.20. The van der Waals surface area contributed by atoms with Crippen LogP contribution in [0.15, 0.2) is 11.6 Å². The topological polar surface area (TPSA) is 53.4 Å². The summed E-state index contributed by atoms with van der Waals surface area (Å²) in [5, 5.41) is 9.10. The molecule has 3 heterocycles. The molecule has 2 aromatic rings. The lowest BCUT2D eigenvalue weighted by Crippen LogP contribution is -2.29. The number of aromatic carboxylic acids is 1. The lowest BCUT2D eigenvalue weighted by atomic mass is 10.1. The Morgan fingerprint density at radius 1 is 1.48 bits per heavy atom. The number of hydrogen-bond donors (Lipinski definition) is 1. The van der Waals surface area contributed by atoms with Crippen molar-refractivity contribution in [3.8, 4) is 0 Å². The Bertz CT molecular complexity index is 688. The Balaban J connectivity index is 1.50. The van der Waals surface area contributed by atoms with Crippen LogP contribution >= 0.6 is 22.7 Å². The maximum Gasteiger partial charge on any atom is 0.345 e. The van der Waals surface area contributed by atoms with E-state index in [1.807, 2.05) is 11.6 Å². The predicted octanol–water partition coefficient (Wildman–Crippen LogP) is 3.34. The van der Waals surface area contributed by atoms with E-state index in [2.05, 4.69) is 9.88 Å². The van der Waals surface area contributed by atoms with Gasteiger partial charge in [-0.25, -0.2) is 9.78 Å². The fraction of sp³-hybridized carbons (Fsp3) is 0.467. The zero-order valence-electron chi connectivity index (χ0n) is 11.5. The van der Waals surface area contributed by atoms with Crippen LogP contribution in [-0.4, -0.2) is 27.5 Å². The number of nitrogens with zero attached hydrogens (tertiary/aromatic N) is 2. The highest BCUT2D eigenvalue weighted by Crippen LogP contribution is 2.42. The summed E-state index contributed by atoms with van der Waals surface area (Å²) in [5.74, 6) is -0.105. The second-order valence-corrected chi connectivity index (χ2v) is 7.84. The first-order valence-corrected chi connectivity index (χ1v) is 8.90. The van der Waals surface area contributed by atoms with E-state index in [0.717, 1.165) is 26.1 Å². The molecular formula is C15H16N2O2S2. The molecule has 0 atom stereocenters. The fourth-order valence-electron chi connectivity index (χ4n) is 2.90. The highest BCUT2D eigenvalue weighted by Gasteiger charge is 2.29. The first-order chi connectivity index (χ1) is 10.2. The van der Waals surface area contributed by atoms with Gasteiger partial charge in [0, 0.05) is 35.3 Å². The summed E-state index contributed by atoms with van der Waals surface area (Å²) in [6, 6.07) is 1.85. The number of thiazole rings is 1. The molecule has 0 aromatic carbocycles. The van der Waals surface area contributed by atoms with E-state index in [1.165, 1.54) is 45.2 Å². The van der Waals surface area contributed by atoms with Gasteiger partial charge >= 0.3 is 5.97 Å². The Hall–Kier alpha value is -1.24. The summed E-state index contributed by atoms with van der Waals surface area (Å²) >= 11 is 3.19. The van der Waals surface area contributed by atoms with Crippen molar-refractivity contribution in [3.63, 3.8) is 0 Å². The second-order valence-electron chi connectivity index (χ2n) is 5.76. The third-order valence-electron chi connectivity index (χ3n) is 4.18. The smallest absolute Gasteiger partial charge is 0.345 e. The molecule has 0 amide bonds. The van der Waals surface area contributed by atoms with Crippen LogP contribution in [0.1, 0.15) is 49.4 Å². The minimum Gasteiger partial charge on any atom is -0.477 e. The molecule has 2 aliphatic rings. The zero-order chi connectivity index (χ0) is 14.4. The van der Waals surface area contributed by atoms with Gasteiger partial charge in [-0.2, -0.15) is 0 Å². The maximum atomic E-state index is 11.1. The maximum absolute atomic E-state index is 11.1. The average Bonchev–Trinajstić information content (AvgIpc) is 3.05. The van der Waals surface area contributed by atoms with E-state index < -0.39 is 5.97 Å². The molecule has 1 saturated carbocycles. The standard InChI is InChI=1S/C15H16N2O2S2/c18-15(19)11-5-10-3-4-17(6-12(10)21-11)7-13-14(9-1-2-9)16-8-20-13/h5,8-9H,1-4,6-7H2,(H,18,19). The third-order valence-corrected chi connectivity index (χ3v) is 6.16. The minimum absolute atomic E-state index is 0.471. The Labute approximate surface area is 131 Å². The van der Waals surface area contributed by atoms with Gasteiger partial charge in [0.05, 0.1) is 11.2 Å². The highest BCUT2D eigenvalue weighted by molar-refractivity contribution is 7.14. The van der Waals surface area contributed by atoms with Crippen LogP contribution in [0.3, 0.4) is 0 Å². The zero-order valence-corrected chi connectivity index (χ0v) is 13.2. The number of carbonyl (C=O) groups is 1. The van der Waals surface area contributed by atoms with Gasteiger partial charge in [-0.1, -0.05) is 0 Å². The quantitative estimate of drug-likeness (QED) is 0.939. The van der Waals surface area contributed by atoms with Gasteiger partial charge < -0.3 is 5.11 Å². The largest absolute Gasteiger partial charge is 0.477 e. The van der Waals surface area contributed by atoms with Crippen molar-refractivity contribution < 1.29 is 9.90 Å². The van der Waals surface area contributed by atoms with E-state index in [-0.39, 0.29) is 0 Å². The Morgan fingerprint density at radius 3 is 3.10 bits per heavy atom. The lowest BCUT2D eigenvalue weighted by Gasteiger charge is -2.26. The molecule has 1 aliphatic heterocycles. The van der Waals surface area contributed by atoms with E-state index in [1.54, 1.807) is 11.3 Å². The first kappa shape index (κ1) is 13.4. The number of aromatic nitrogens is 1. The molecular weight excluding hydrogens is 304 g/mol. The molecule has 2 aromatic heterocycles. The van der Waals surface area contributed by atoms with E-state index in [4.69, 9.17) is 5.11 Å². The summed E-state index contributed by atoms with van der Waals surface area (Å²) in [7, 11) is 0. The van der Waals surface area contributed by atoms with E-state index in [9.17, 15) is 4.79 Å². The van der Waals surface area contributed by atoms with Crippen molar-refractivity contribution in [1.82, 2.24) is 9.88 Å². The fourth-order valence-corrected chi connectivity index (χ4v) is 4.89. The molecule has 1 aliphatic carbocycles. The molecule has 4 rings (SSSR count). The van der Waals surface area contributed by atoms with Gasteiger partial charge in [0.1, 0.15) is 4.88 Å². The normalized spacial score (nSPS) is 18.7. The molecule has 4 nitrogen and oxygen atoms in total. The molecule has 1 N–H and O–H groups in total. The molecule has 0 saturated heterocycles. The van der Waals surface area contributed by atoms with Crippen molar-refractivity contribution in [3.05, 3.63) is 37.5 Å². The summed E-state index contributed by atoms with van der Waals surface area (Å²) in [4.78, 5) is 21.1. The van der Waals surface area contributed by atoms with Crippen LogP contribution in [0.5, 0.6) is 0 Å². The van der Waals surface area contributed by atoms with Crippen LogP contribution in [0.2, 0.25) is 0 Å². The highest BCUT2D eigenvalue weighted by atomic mass is 32.1. The molecule has 0 bridgehead atoms. The monoisotopic (exact) mass is 320 g/mol. The lowest BCUT2D eigenvalue weighted by molar-refractivity contribution is 0.0702. The average molecular weight is 320 g/mol.